The summed E-state index contributed by atoms with van der Waals surface area (Å²) in [4.78, 5) is 26.3. The second kappa shape index (κ2) is 7.75. The van der Waals surface area contributed by atoms with Gasteiger partial charge in [0.15, 0.2) is 15.7 Å². The van der Waals surface area contributed by atoms with Crippen molar-refractivity contribution < 1.29 is 13.2 Å². The number of carbonyl (C=O) groups excluding carboxylic acids is 1. The van der Waals surface area contributed by atoms with Crippen LogP contribution in [0.3, 0.4) is 0 Å². The zero-order valence-corrected chi connectivity index (χ0v) is 18.1. The van der Waals surface area contributed by atoms with Crippen molar-refractivity contribution in [2.24, 2.45) is 0 Å². The third kappa shape index (κ3) is 3.75. The molecule has 0 N–H and O–H groups in total. The molecule has 3 aromatic rings. The normalized spacial score (nSPS) is 22.0. The van der Waals surface area contributed by atoms with Crippen molar-refractivity contribution in [1.82, 2.24) is 24.3 Å². The first-order valence-corrected chi connectivity index (χ1v) is 12.8. The van der Waals surface area contributed by atoms with Gasteiger partial charge in [-0.1, -0.05) is 12.1 Å². The molecule has 0 radical (unpaired) electrons. The Hall–Kier alpha value is -2.30. The maximum absolute atomic E-state index is 13.1. The number of hydrogen-bond donors (Lipinski definition) is 0. The lowest BCUT2D eigenvalue weighted by Crippen LogP contribution is -2.52. The molecule has 2 aliphatic heterocycles. The Kier molecular flexibility index (Phi) is 5.08. The summed E-state index contributed by atoms with van der Waals surface area (Å²) in [6.45, 7) is 2.89. The van der Waals surface area contributed by atoms with Crippen LogP contribution in [0.15, 0.2) is 35.2 Å². The summed E-state index contributed by atoms with van der Waals surface area (Å²) in [7, 11) is -2.89. The van der Waals surface area contributed by atoms with E-state index in [4.69, 9.17) is 4.98 Å². The molecule has 1 atom stereocenters. The van der Waals surface area contributed by atoms with Crippen molar-refractivity contribution in [3.8, 4) is 11.5 Å². The Balaban J connectivity index is 1.31. The summed E-state index contributed by atoms with van der Waals surface area (Å²) in [6, 6.07) is 7.91. The molecule has 0 bridgehead atoms. The van der Waals surface area contributed by atoms with E-state index >= 15 is 0 Å². The fraction of sp³-hybridized carbons (Fsp3) is 0.450. The van der Waals surface area contributed by atoms with Crippen LogP contribution in [0, 0.1) is 0 Å². The molecule has 8 nitrogen and oxygen atoms in total. The number of benzene rings is 1. The number of aromatic nitrogens is 3. The van der Waals surface area contributed by atoms with Gasteiger partial charge in [0.25, 0.3) is 0 Å². The highest BCUT2D eigenvalue weighted by atomic mass is 32.2. The summed E-state index contributed by atoms with van der Waals surface area (Å²) < 4.78 is 25.5. The van der Waals surface area contributed by atoms with Gasteiger partial charge in [0.1, 0.15) is 12.2 Å². The highest BCUT2D eigenvalue weighted by Crippen LogP contribution is 2.25. The van der Waals surface area contributed by atoms with Crippen LogP contribution in [0.1, 0.15) is 6.42 Å². The number of imidazole rings is 1. The molecule has 0 aliphatic carbocycles. The zero-order valence-electron chi connectivity index (χ0n) is 16.5. The van der Waals surface area contributed by atoms with Crippen molar-refractivity contribution in [1.29, 1.82) is 0 Å². The van der Waals surface area contributed by atoms with E-state index in [1.165, 1.54) is 11.3 Å². The molecule has 1 amide bonds. The molecule has 0 spiro atoms. The van der Waals surface area contributed by atoms with Crippen molar-refractivity contribution >= 4 is 38.1 Å². The van der Waals surface area contributed by atoms with E-state index in [1.807, 2.05) is 39.1 Å². The summed E-state index contributed by atoms with van der Waals surface area (Å²) in [6.07, 6.45) is 0.703. The number of rotatable bonds is 4. The van der Waals surface area contributed by atoms with E-state index < -0.39 is 9.84 Å². The average molecular weight is 446 g/mol. The molecular weight excluding hydrogens is 422 g/mol. The van der Waals surface area contributed by atoms with Crippen LogP contribution < -0.4 is 0 Å². The lowest BCUT2D eigenvalue weighted by atomic mass is 10.2. The lowest BCUT2D eigenvalue weighted by Gasteiger charge is -2.37. The first-order valence-electron chi connectivity index (χ1n) is 10.1. The second-order valence-corrected chi connectivity index (χ2v) is 10.8. The molecule has 30 heavy (non-hydrogen) atoms. The van der Waals surface area contributed by atoms with Gasteiger partial charge in [-0.3, -0.25) is 9.69 Å². The minimum atomic E-state index is -2.89. The van der Waals surface area contributed by atoms with Gasteiger partial charge < -0.3 is 9.47 Å². The lowest BCUT2D eigenvalue weighted by molar-refractivity contribution is -0.133. The smallest absolute Gasteiger partial charge is 0.242 e. The maximum Gasteiger partial charge on any atom is 0.242 e. The van der Waals surface area contributed by atoms with Gasteiger partial charge in [0.2, 0.25) is 5.91 Å². The zero-order chi connectivity index (χ0) is 20.7. The Morgan fingerprint density at radius 1 is 1.17 bits per heavy atom. The van der Waals surface area contributed by atoms with E-state index in [0.717, 1.165) is 29.8 Å². The summed E-state index contributed by atoms with van der Waals surface area (Å²) in [5.41, 5.74) is 4.31. The molecule has 2 aromatic heterocycles. The molecule has 10 heteroatoms. The number of sulfone groups is 1. The fourth-order valence-electron chi connectivity index (χ4n) is 4.39. The SMILES string of the molecule is O=C(Cn1c(-c2cscn2)nc2ccccc21)N1CCN(C2CCS(=O)(=O)C2)CC1. The quantitative estimate of drug-likeness (QED) is 0.605. The Labute approximate surface area is 179 Å². The van der Waals surface area contributed by atoms with Gasteiger partial charge in [-0.05, 0) is 18.6 Å². The van der Waals surface area contributed by atoms with E-state index in [0.29, 0.717) is 25.3 Å². The Bertz CT molecular complexity index is 1160. The maximum atomic E-state index is 13.1. The molecule has 1 aromatic carbocycles. The monoisotopic (exact) mass is 445 g/mol. The van der Waals surface area contributed by atoms with Gasteiger partial charge in [-0.2, -0.15) is 0 Å². The summed E-state index contributed by atoms with van der Waals surface area (Å²) in [5, 5.41) is 1.94. The molecule has 2 saturated heterocycles. The van der Waals surface area contributed by atoms with Crippen LogP contribution in [-0.2, 0) is 21.2 Å². The number of amides is 1. The second-order valence-electron chi connectivity index (χ2n) is 7.86. The standard InChI is InChI=1S/C20H23N5O3S2/c26-19(24-8-6-23(7-9-24)15-5-10-30(27,28)13-15)11-25-18-4-2-1-3-16(18)22-20(25)17-12-29-14-21-17/h1-4,12,14-15H,5-11,13H2. The molecule has 0 saturated carbocycles. The van der Waals surface area contributed by atoms with Gasteiger partial charge in [-0.25, -0.2) is 18.4 Å². The molecule has 4 heterocycles. The number of piperazine rings is 1. The predicted octanol–water partition coefficient (Wildman–Crippen LogP) is 1.49. The first kappa shape index (κ1) is 19.7. The third-order valence-corrected chi connectivity index (χ3v) is 8.34. The number of carbonyl (C=O) groups is 1. The summed E-state index contributed by atoms with van der Waals surface area (Å²) in [5.74, 6) is 1.29. The predicted molar refractivity (Wildman–Crippen MR) is 116 cm³/mol. The number of fused-ring (bicyclic) bond motifs is 1. The molecular formula is C20H23N5O3S2. The molecule has 5 rings (SSSR count). The largest absolute Gasteiger partial charge is 0.339 e. The average Bonchev–Trinajstić information content (AvgIpc) is 3.47. The molecule has 1 unspecified atom stereocenters. The number of hydrogen-bond acceptors (Lipinski definition) is 7. The summed E-state index contributed by atoms with van der Waals surface area (Å²) >= 11 is 1.50. The molecule has 158 valence electrons. The minimum absolute atomic E-state index is 0.0494. The van der Waals surface area contributed by atoms with E-state index in [-0.39, 0.29) is 30.0 Å². The Morgan fingerprint density at radius 2 is 1.97 bits per heavy atom. The van der Waals surface area contributed by atoms with Crippen molar-refractivity contribution in [2.45, 2.75) is 19.0 Å². The minimum Gasteiger partial charge on any atom is -0.339 e. The highest BCUT2D eigenvalue weighted by molar-refractivity contribution is 7.91. The van der Waals surface area contributed by atoms with Crippen LogP contribution in [0.5, 0.6) is 0 Å². The highest BCUT2D eigenvalue weighted by Gasteiger charge is 2.34. The van der Waals surface area contributed by atoms with Gasteiger partial charge in [-0.15, -0.1) is 11.3 Å². The Morgan fingerprint density at radius 3 is 2.67 bits per heavy atom. The molecule has 2 aliphatic rings. The number of thiazole rings is 1. The first-order chi connectivity index (χ1) is 14.5. The van der Waals surface area contributed by atoms with Crippen molar-refractivity contribution in [3.05, 3.63) is 35.2 Å². The van der Waals surface area contributed by atoms with Gasteiger partial charge in [0.05, 0.1) is 28.0 Å². The fourth-order valence-corrected chi connectivity index (χ4v) is 6.68. The van der Waals surface area contributed by atoms with Gasteiger partial charge in [0, 0.05) is 37.6 Å². The number of para-hydroxylation sites is 2. The van der Waals surface area contributed by atoms with E-state index in [9.17, 15) is 13.2 Å². The topological polar surface area (TPSA) is 88.4 Å². The van der Waals surface area contributed by atoms with E-state index in [1.54, 1.807) is 5.51 Å². The van der Waals surface area contributed by atoms with Crippen LogP contribution >= 0.6 is 11.3 Å². The van der Waals surface area contributed by atoms with Crippen LogP contribution in [-0.4, -0.2) is 82.4 Å². The van der Waals surface area contributed by atoms with Crippen LogP contribution in [0.25, 0.3) is 22.6 Å². The van der Waals surface area contributed by atoms with Crippen molar-refractivity contribution in [3.63, 3.8) is 0 Å². The number of nitrogens with zero attached hydrogens (tertiary/aromatic N) is 5. The van der Waals surface area contributed by atoms with Crippen molar-refractivity contribution in [2.75, 3.05) is 37.7 Å². The van der Waals surface area contributed by atoms with Gasteiger partial charge >= 0.3 is 0 Å². The third-order valence-electron chi connectivity index (χ3n) is 6.00. The van der Waals surface area contributed by atoms with E-state index in [2.05, 4.69) is 9.88 Å². The van der Waals surface area contributed by atoms with Crippen LogP contribution in [0.4, 0.5) is 0 Å². The van der Waals surface area contributed by atoms with Crippen LogP contribution in [0.2, 0.25) is 0 Å². The molecule has 2 fully saturated rings.